The zero-order chi connectivity index (χ0) is 9.89. The lowest BCUT2D eigenvalue weighted by atomic mass is 9.82. The van der Waals surface area contributed by atoms with E-state index in [-0.39, 0.29) is 11.8 Å². The second kappa shape index (κ2) is 4.45. The molecule has 0 aliphatic rings. The summed E-state index contributed by atoms with van der Waals surface area (Å²) < 4.78 is 0. The van der Waals surface area contributed by atoms with Gasteiger partial charge in [0.05, 0.1) is 12.0 Å². The maximum absolute atomic E-state index is 10.8. The van der Waals surface area contributed by atoms with Crippen LogP contribution in [0.2, 0.25) is 0 Å². The molecule has 0 spiro atoms. The van der Waals surface area contributed by atoms with E-state index in [1.807, 2.05) is 13.8 Å². The summed E-state index contributed by atoms with van der Waals surface area (Å²) >= 11 is 0. The Kier molecular flexibility index (Phi) is 4.24. The fourth-order valence-corrected chi connectivity index (χ4v) is 1.42. The van der Waals surface area contributed by atoms with Gasteiger partial charge in [-0.1, -0.05) is 20.8 Å². The topological polar surface area (TPSA) is 57.5 Å². The third-order valence-corrected chi connectivity index (χ3v) is 2.33. The quantitative estimate of drug-likeness (QED) is 0.676. The lowest BCUT2D eigenvalue weighted by molar-refractivity contribution is -0.147. The van der Waals surface area contributed by atoms with Crippen LogP contribution < -0.4 is 0 Å². The predicted molar refractivity (Wildman–Crippen MR) is 46.8 cm³/mol. The molecule has 2 N–H and O–H groups in total. The van der Waals surface area contributed by atoms with E-state index in [1.165, 1.54) is 0 Å². The first-order valence-electron chi connectivity index (χ1n) is 4.28. The first kappa shape index (κ1) is 11.4. The standard InChI is InChI=1S/C9H18O3/c1-5(2)8(9(11)12)6(3)7(4)10/h5-8,10H,1-4H3,(H,11,12). The first-order valence-corrected chi connectivity index (χ1v) is 4.28. The van der Waals surface area contributed by atoms with Crippen molar-refractivity contribution in [2.45, 2.75) is 33.8 Å². The van der Waals surface area contributed by atoms with Gasteiger partial charge in [0, 0.05) is 0 Å². The summed E-state index contributed by atoms with van der Waals surface area (Å²) in [5.74, 6) is -1.40. The Morgan fingerprint density at radius 3 is 1.67 bits per heavy atom. The summed E-state index contributed by atoms with van der Waals surface area (Å²) in [4.78, 5) is 10.8. The molecule has 72 valence electrons. The lowest BCUT2D eigenvalue weighted by Crippen LogP contribution is -2.32. The second-order valence-electron chi connectivity index (χ2n) is 3.71. The largest absolute Gasteiger partial charge is 0.481 e. The summed E-state index contributed by atoms with van der Waals surface area (Å²) in [6.45, 7) is 7.11. The third-order valence-electron chi connectivity index (χ3n) is 2.33. The molecule has 0 heterocycles. The highest BCUT2D eigenvalue weighted by molar-refractivity contribution is 5.70. The first-order chi connectivity index (χ1) is 5.37. The highest BCUT2D eigenvalue weighted by Gasteiger charge is 2.30. The molecule has 0 rings (SSSR count). The zero-order valence-electron chi connectivity index (χ0n) is 8.11. The second-order valence-corrected chi connectivity index (χ2v) is 3.71. The zero-order valence-corrected chi connectivity index (χ0v) is 8.11. The van der Waals surface area contributed by atoms with Crippen molar-refractivity contribution in [1.82, 2.24) is 0 Å². The van der Waals surface area contributed by atoms with Crippen LogP contribution in [0, 0.1) is 17.8 Å². The van der Waals surface area contributed by atoms with Gasteiger partial charge in [-0.25, -0.2) is 0 Å². The van der Waals surface area contributed by atoms with Crippen molar-refractivity contribution < 1.29 is 15.0 Å². The smallest absolute Gasteiger partial charge is 0.307 e. The molecule has 3 nitrogen and oxygen atoms in total. The normalized spacial score (nSPS) is 18.8. The van der Waals surface area contributed by atoms with E-state index in [2.05, 4.69) is 0 Å². The number of hydrogen-bond acceptors (Lipinski definition) is 2. The molecule has 0 aliphatic heterocycles. The third kappa shape index (κ3) is 2.81. The summed E-state index contributed by atoms with van der Waals surface area (Å²) in [6, 6.07) is 0. The molecule has 0 aromatic heterocycles. The molecule has 0 saturated carbocycles. The van der Waals surface area contributed by atoms with Crippen LogP contribution in [0.25, 0.3) is 0 Å². The summed E-state index contributed by atoms with van der Waals surface area (Å²) in [6.07, 6.45) is -0.562. The van der Waals surface area contributed by atoms with Crippen LogP contribution in [-0.2, 0) is 4.79 Å². The molecule has 0 bridgehead atoms. The minimum atomic E-state index is -0.821. The van der Waals surface area contributed by atoms with Gasteiger partial charge in [0.1, 0.15) is 0 Å². The molecule has 3 unspecified atom stereocenters. The van der Waals surface area contributed by atoms with Crippen LogP contribution in [0.4, 0.5) is 0 Å². The van der Waals surface area contributed by atoms with Gasteiger partial charge in [-0.2, -0.15) is 0 Å². The minimum absolute atomic E-state index is 0.0621. The van der Waals surface area contributed by atoms with Gasteiger partial charge < -0.3 is 10.2 Å². The monoisotopic (exact) mass is 174 g/mol. The van der Waals surface area contributed by atoms with Gasteiger partial charge in [-0.15, -0.1) is 0 Å². The van der Waals surface area contributed by atoms with E-state index in [9.17, 15) is 9.90 Å². The molecule has 3 heteroatoms. The lowest BCUT2D eigenvalue weighted by Gasteiger charge is -2.25. The van der Waals surface area contributed by atoms with Crippen LogP contribution in [0.3, 0.4) is 0 Å². The Balaban J connectivity index is 4.40. The van der Waals surface area contributed by atoms with E-state index in [4.69, 9.17) is 5.11 Å². The maximum Gasteiger partial charge on any atom is 0.307 e. The highest BCUT2D eigenvalue weighted by Crippen LogP contribution is 2.23. The molecule has 0 fully saturated rings. The van der Waals surface area contributed by atoms with E-state index < -0.39 is 18.0 Å². The van der Waals surface area contributed by atoms with Crippen LogP contribution in [0.1, 0.15) is 27.7 Å². The van der Waals surface area contributed by atoms with Crippen LogP contribution in [0.5, 0.6) is 0 Å². The number of carboxylic acids is 1. The van der Waals surface area contributed by atoms with Gasteiger partial charge in [0.2, 0.25) is 0 Å². The average molecular weight is 174 g/mol. The van der Waals surface area contributed by atoms with Gasteiger partial charge in [0.15, 0.2) is 0 Å². The Hall–Kier alpha value is -0.570. The molecule has 0 aliphatic carbocycles. The number of rotatable bonds is 4. The van der Waals surface area contributed by atoms with Crippen LogP contribution >= 0.6 is 0 Å². The fourth-order valence-electron chi connectivity index (χ4n) is 1.42. The van der Waals surface area contributed by atoms with Crippen molar-refractivity contribution in [3.63, 3.8) is 0 Å². The number of hydrogen-bond donors (Lipinski definition) is 2. The molecule has 0 radical (unpaired) electrons. The van der Waals surface area contributed by atoms with Crippen molar-refractivity contribution in [1.29, 1.82) is 0 Å². The molecule has 0 saturated heterocycles. The SMILES string of the molecule is CC(C)C(C(=O)O)C(C)C(C)O. The summed E-state index contributed by atoms with van der Waals surface area (Å²) in [5.41, 5.74) is 0. The number of aliphatic hydroxyl groups is 1. The Labute approximate surface area is 73.4 Å². The van der Waals surface area contributed by atoms with Crippen molar-refractivity contribution in [2.24, 2.45) is 17.8 Å². The van der Waals surface area contributed by atoms with E-state index in [0.29, 0.717) is 0 Å². The summed E-state index contributed by atoms with van der Waals surface area (Å²) in [7, 11) is 0. The number of aliphatic hydroxyl groups excluding tert-OH is 1. The van der Waals surface area contributed by atoms with E-state index in [0.717, 1.165) is 0 Å². The number of carbonyl (C=O) groups is 1. The van der Waals surface area contributed by atoms with E-state index in [1.54, 1.807) is 13.8 Å². The molecule has 0 amide bonds. The summed E-state index contributed by atoms with van der Waals surface area (Å²) in [5, 5.41) is 18.1. The van der Waals surface area contributed by atoms with Gasteiger partial charge >= 0.3 is 5.97 Å². The number of aliphatic carboxylic acids is 1. The van der Waals surface area contributed by atoms with Gasteiger partial charge in [0.25, 0.3) is 0 Å². The van der Waals surface area contributed by atoms with Crippen LogP contribution in [0.15, 0.2) is 0 Å². The minimum Gasteiger partial charge on any atom is -0.481 e. The molecule has 3 atom stereocenters. The van der Waals surface area contributed by atoms with Crippen molar-refractivity contribution in [3.05, 3.63) is 0 Å². The molecule has 0 aromatic carbocycles. The van der Waals surface area contributed by atoms with Crippen molar-refractivity contribution in [2.75, 3.05) is 0 Å². The highest BCUT2D eigenvalue weighted by atomic mass is 16.4. The molecule has 0 aromatic rings. The van der Waals surface area contributed by atoms with E-state index >= 15 is 0 Å². The Morgan fingerprint density at radius 1 is 1.17 bits per heavy atom. The molecule has 12 heavy (non-hydrogen) atoms. The molecular weight excluding hydrogens is 156 g/mol. The molecular formula is C9H18O3. The van der Waals surface area contributed by atoms with Gasteiger partial charge in [-0.05, 0) is 18.8 Å². The van der Waals surface area contributed by atoms with Crippen molar-refractivity contribution in [3.8, 4) is 0 Å². The predicted octanol–water partition coefficient (Wildman–Crippen LogP) is 1.36. The number of carboxylic acid groups (broad SMARTS) is 1. The Morgan fingerprint density at radius 2 is 1.58 bits per heavy atom. The Bertz CT molecular complexity index is 152. The maximum atomic E-state index is 10.8. The average Bonchev–Trinajstić information content (AvgIpc) is 1.85. The van der Waals surface area contributed by atoms with Crippen molar-refractivity contribution >= 4 is 5.97 Å². The van der Waals surface area contributed by atoms with Gasteiger partial charge in [-0.3, -0.25) is 4.79 Å². The van der Waals surface area contributed by atoms with Crippen LogP contribution in [-0.4, -0.2) is 22.3 Å². The fraction of sp³-hybridized carbons (Fsp3) is 0.889.